The van der Waals surface area contributed by atoms with E-state index in [2.05, 4.69) is 11.8 Å². The van der Waals surface area contributed by atoms with Gasteiger partial charge in [-0.05, 0) is 35.0 Å². The van der Waals surface area contributed by atoms with E-state index in [1.165, 1.54) is 0 Å². The Kier molecular flexibility index (Phi) is 21.7. The standard InChI is InChI=1S/C32H44O10/c1-3-9-33-11-13-35-15-17-37-19-21-39-23-25-41-31-7-5-30-28-32(8-6-29(30)27-31)42-26-24-40-22-20-38-18-16-36-14-12-34-10-4-2/h1-2,5-8,27-28H,9-26H2. The summed E-state index contributed by atoms with van der Waals surface area (Å²) in [5.41, 5.74) is 0. The topological polar surface area (TPSA) is 92.3 Å². The third kappa shape index (κ3) is 18.5. The van der Waals surface area contributed by atoms with Gasteiger partial charge in [0.2, 0.25) is 0 Å². The minimum absolute atomic E-state index is 0.304. The molecule has 2 aromatic carbocycles. The molecule has 0 saturated heterocycles. The zero-order valence-electron chi connectivity index (χ0n) is 24.4. The van der Waals surface area contributed by atoms with Crippen LogP contribution in [0.4, 0.5) is 0 Å². The van der Waals surface area contributed by atoms with Gasteiger partial charge in [0.1, 0.15) is 37.9 Å². The molecule has 10 heteroatoms. The van der Waals surface area contributed by atoms with Crippen LogP contribution in [-0.4, -0.2) is 119 Å². The summed E-state index contributed by atoms with van der Waals surface area (Å²) in [5.74, 6) is 6.38. The molecule has 2 aromatic rings. The molecule has 0 atom stereocenters. The van der Waals surface area contributed by atoms with E-state index in [4.69, 9.17) is 60.2 Å². The molecule has 0 heterocycles. The molecule has 0 aromatic heterocycles. The zero-order valence-corrected chi connectivity index (χ0v) is 24.4. The molecule has 0 N–H and O–H groups in total. The maximum absolute atomic E-state index is 5.82. The summed E-state index contributed by atoms with van der Waals surface area (Å²) in [7, 11) is 0. The Labute approximate surface area is 249 Å². The van der Waals surface area contributed by atoms with E-state index in [-0.39, 0.29) is 0 Å². The number of fused-ring (bicyclic) bond motifs is 1. The number of ether oxygens (including phenoxy) is 10. The largest absolute Gasteiger partial charge is 0.491 e. The minimum Gasteiger partial charge on any atom is -0.491 e. The molecule has 232 valence electrons. The molecule has 0 unspecified atom stereocenters. The van der Waals surface area contributed by atoms with Crippen molar-refractivity contribution >= 4 is 10.8 Å². The van der Waals surface area contributed by atoms with Crippen molar-refractivity contribution in [3.8, 4) is 36.2 Å². The second-order valence-corrected chi connectivity index (χ2v) is 8.56. The third-order valence-corrected chi connectivity index (χ3v) is 5.38. The lowest BCUT2D eigenvalue weighted by Crippen LogP contribution is -2.13. The molecule has 2 rings (SSSR count). The molecule has 0 aliphatic carbocycles. The summed E-state index contributed by atoms with van der Waals surface area (Å²) < 4.78 is 54.6. The third-order valence-electron chi connectivity index (χ3n) is 5.38. The molecule has 10 nitrogen and oxygen atoms in total. The molecule has 0 bridgehead atoms. The summed E-state index contributed by atoms with van der Waals surface area (Å²) in [5, 5.41) is 2.13. The highest BCUT2D eigenvalue weighted by Crippen LogP contribution is 2.25. The Balaban J connectivity index is 1.44. The Hall–Kier alpha value is -2.90. The van der Waals surface area contributed by atoms with Crippen molar-refractivity contribution < 1.29 is 47.4 Å². The Morgan fingerprint density at radius 2 is 0.667 bits per heavy atom. The number of terminal acetylenes is 2. The number of hydrogen-bond acceptors (Lipinski definition) is 10. The highest BCUT2D eigenvalue weighted by Gasteiger charge is 2.02. The monoisotopic (exact) mass is 588 g/mol. The lowest BCUT2D eigenvalue weighted by Gasteiger charge is -2.10. The maximum Gasteiger partial charge on any atom is 0.120 e. The van der Waals surface area contributed by atoms with Crippen LogP contribution in [0.25, 0.3) is 10.8 Å². The van der Waals surface area contributed by atoms with Crippen LogP contribution in [0, 0.1) is 24.7 Å². The highest BCUT2D eigenvalue weighted by molar-refractivity contribution is 5.85. The van der Waals surface area contributed by atoms with Crippen molar-refractivity contribution in [1.29, 1.82) is 0 Å². The second-order valence-electron chi connectivity index (χ2n) is 8.56. The lowest BCUT2D eigenvalue weighted by molar-refractivity contribution is -0.00187. The lowest BCUT2D eigenvalue weighted by atomic mass is 10.1. The SMILES string of the molecule is C#CCOCCOCCOCCOCCOc1ccc2cc(OCCOCCOCCOCCOCC#C)ccc2c1. The number of benzene rings is 2. The van der Waals surface area contributed by atoms with Gasteiger partial charge in [0.15, 0.2) is 0 Å². The Bertz CT molecular complexity index is 935. The van der Waals surface area contributed by atoms with E-state index in [9.17, 15) is 0 Å². The van der Waals surface area contributed by atoms with Crippen LogP contribution >= 0.6 is 0 Å². The van der Waals surface area contributed by atoms with Crippen LogP contribution in [-0.2, 0) is 37.9 Å². The van der Waals surface area contributed by atoms with Crippen LogP contribution in [0.1, 0.15) is 0 Å². The Morgan fingerprint density at radius 1 is 0.381 bits per heavy atom. The molecule has 0 amide bonds. The molecule has 0 aliphatic heterocycles. The van der Waals surface area contributed by atoms with Crippen molar-refractivity contribution in [1.82, 2.24) is 0 Å². The summed E-state index contributed by atoms with van der Waals surface area (Å²) in [4.78, 5) is 0. The van der Waals surface area contributed by atoms with Crippen molar-refractivity contribution in [2.24, 2.45) is 0 Å². The van der Waals surface area contributed by atoms with Crippen molar-refractivity contribution in [3.05, 3.63) is 36.4 Å². The van der Waals surface area contributed by atoms with E-state index in [1.54, 1.807) is 0 Å². The van der Waals surface area contributed by atoms with Gasteiger partial charge in [0.05, 0.1) is 92.5 Å². The summed E-state index contributed by atoms with van der Waals surface area (Å²) >= 11 is 0. The molecule has 0 spiro atoms. The molecular formula is C32H44O10. The maximum atomic E-state index is 5.82. The van der Waals surface area contributed by atoms with E-state index in [0.29, 0.717) is 119 Å². The van der Waals surface area contributed by atoms with Gasteiger partial charge in [0, 0.05) is 0 Å². The van der Waals surface area contributed by atoms with E-state index < -0.39 is 0 Å². The fourth-order valence-corrected chi connectivity index (χ4v) is 3.40. The minimum atomic E-state index is 0.304. The van der Waals surface area contributed by atoms with Gasteiger partial charge in [-0.1, -0.05) is 24.0 Å². The summed E-state index contributed by atoms with van der Waals surface area (Å²) in [6, 6.07) is 11.9. The van der Waals surface area contributed by atoms with E-state index in [0.717, 1.165) is 22.3 Å². The molecule has 0 aliphatic rings. The van der Waals surface area contributed by atoms with Crippen LogP contribution in [0.2, 0.25) is 0 Å². The van der Waals surface area contributed by atoms with Crippen LogP contribution in [0.15, 0.2) is 36.4 Å². The Morgan fingerprint density at radius 3 is 0.976 bits per heavy atom. The molecule has 0 saturated carbocycles. The molecule has 0 radical (unpaired) electrons. The smallest absolute Gasteiger partial charge is 0.120 e. The van der Waals surface area contributed by atoms with Crippen LogP contribution in [0.5, 0.6) is 11.5 Å². The van der Waals surface area contributed by atoms with Gasteiger partial charge < -0.3 is 47.4 Å². The van der Waals surface area contributed by atoms with E-state index >= 15 is 0 Å². The first-order valence-electron chi connectivity index (χ1n) is 14.1. The van der Waals surface area contributed by atoms with Crippen LogP contribution in [0.3, 0.4) is 0 Å². The molecular weight excluding hydrogens is 544 g/mol. The quantitative estimate of drug-likeness (QED) is 0.109. The van der Waals surface area contributed by atoms with Crippen molar-refractivity contribution in [2.75, 3.05) is 119 Å². The fraction of sp³-hybridized carbons (Fsp3) is 0.562. The fourth-order valence-electron chi connectivity index (χ4n) is 3.40. The average molecular weight is 589 g/mol. The summed E-state index contributed by atoms with van der Waals surface area (Å²) in [6.07, 6.45) is 10.2. The van der Waals surface area contributed by atoms with E-state index in [1.807, 2.05) is 36.4 Å². The number of rotatable bonds is 28. The van der Waals surface area contributed by atoms with Gasteiger partial charge in [-0.3, -0.25) is 0 Å². The first-order chi connectivity index (χ1) is 20.8. The van der Waals surface area contributed by atoms with Gasteiger partial charge in [-0.15, -0.1) is 12.8 Å². The van der Waals surface area contributed by atoms with Crippen molar-refractivity contribution in [3.63, 3.8) is 0 Å². The first-order valence-corrected chi connectivity index (χ1v) is 14.1. The molecule has 42 heavy (non-hydrogen) atoms. The normalized spacial score (nSPS) is 10.9. The number of hydrogen-bond donors (Lipinski definition) is 0. The van der Waals surface area contributed by atoms with Gasteiger partial charge in [-0.25, -0.2) is 0 Å². The zero-order chi connectivity index (χ0) is 29.8. The van der Waals surface area contributed by atoms with Gasteiger partial charge in [0.25, 0.3) is 0 Å². The van der Waals surface area contributed by atoms with Gasteiger partial charge >= 0.3 is 0 Å². The predicted molar refractivity (Wildman–Crippen MR) is 159 cm³/mol. The predicted octanol–water partition coefficient (Wildman–Crippen LogP) is 3.00. The van der Waals surface area contributed by atoms with Gasteiger partial charge in [-0.2, -0.15) is 0 Å². The summed E-state index contributed by atoms with van der Waals surface area (Å²) in [6.45, 7) is 8.45. The molecule has 0 fully saturated rings. The van der Waals surface area contributed by atoms with Crippen LogP contribution < -0.4 is 9.47 Å². The van der Waals surface area contributed by atoms with Crippen molar-refractivity contribution in [2.45, 2.75) is 0 Å². The second kappa shape index (κ2) is 25.8. The first kappa shape index (κ1) is 35.3. The average Bonchev–Trinajstić information content (AvgIpc) is 3.01. The highest BCUT2D eigenvalue weighted by atomic mass is 16.6.